The average molecular weight is 259 g/mol. The fourth-order valence-corrected chi connectivity index (χ4v) is 1.75. The van der Waals surface area contributed by atoms with Crippen LogP contribution in [0.15, 0.2) is 42.7 Å². The lowest BCUT2D eigenvalue weighted by molar-refractivity contribution is 0.322. The Morgan fingerprint density at radius 2 is 2.00 bits per heavy atom. The third-order valence-electron chi connectivity index (χ3n) is 2.46. The van der Waals surface area contributed by atoms with Crippen molar-refractivity contribution in [2.45, 2.75) is 6.42 Å². The van der Waals surface area contributed by atoms with Gasteiger partial charge in [0.15, 0.2) is 0 Å². The van der Waals surface area contributed by atoms with Crippen molar-refractivity contribution in [2.24, 2.45) is 0 Å². The Hall–Kier alpha value is -2.05. The number of pyridine rings is 1. The number of hydrogen-bond donors (Lipinski definition) is 0. The van der Waals surface area contributed by atoms with Crippen LogP contribution in [0.5, 0.6) is 5.75 Å². The summed E-state index contributed by atoms with van der Waals surface area (Å²) in [5, 5.41) is 9.18. The molecule has 3 nitrogen and oxygen atoms in total. The van der Waals surface area contributed by atoms with Crippen LogP contribution in [0.4, 0.5) is 0 Å². The number of halogens is 1. The van der Waals surface area contributed by atoms with Gasteiger partial charge in [-0.25, -0.2) is 0 Å². The molecule has 1 heterocycles. The number of hydrogen-bond acceptors (Lipinski definition) is 3. The molecule has 0 saturated heterocycles. The lowest BCUT2D eigenvalue weighted by atomic mass is 10.2. The van der Waals surface area contributed by atoms with Crippen LogP contribution in [-0.4, -0.2) is 11.6 Å². The minimum Gasteiger partial charge on any atom is -0.492 e. The minimum absolute atomic E-state index is 0.462. The van der Waals surface area contributed by atoms with Crippen LogP contribution in [0.3, 0.4) is 0 Å². The third kappa shape index (κ3) is 3.22. The van der Waals surface area contributed by atoms with E-state index in [0.717, 1.165) is 12.0 Å². The van der Waals surface area contributed by atoms with Gasteiger partial charge in [-0.2, -0.15) is 5.26 Å². The van der Waals surface area contributed by atoms with Gasteiger partial charge in [0.05, 0.1) is 23.3 Å². The molecule has 90 valence electrons. The molecule has 0 aliphatic heterocycles. The molecule has 0 N–H and O–H groups in total. The number of aromatic nitrogens is 1. The van der Waals surface area contributed by atoms with Gasteiger partial charge in [0.2, 0.25) is 0 Å². The maximum atomic E-state index is 8.72. The van der Waals surface area contributed by atoms with E-state index >= 15 is 0 Å². The molecule has 0 saturated carbocycles. The van der Waals surface area contributed by atoms with Gasteiger partial charge < -0.3 is 4.74 Å². The van der Waals surface area contributed by atoms with Crippen molar-refractivity contribution in [3.05, 3.63) is 58.9 Å². The molecule has 0 atom stereocenters. The second-order valence-corrected chi connectivity index (χ2v) is 4.12. The van der Waals surface area contributed by atoms with Gasteiger partial charge in [-0.1, -0.05) is 11.6 Å². The zero-order chi connectivity index (χ0) is 12.8. The Morgan fingerprint density at radius 3 is 2.67 bits per heavy atom. The van der Waals surface area contributed by atoms with Crippen molar-refractivity contribution in [3.8, 4) is 11.8 Å². The summed E-state index contributed by atoms with van der Waals surface area (Å²) in [4.78, 5) is 3.95. The molecule has 0 fully saturated rings. The largest absolute Gasteiger partial charge is 0.492 e. The Balaban J connectivity index is 1.93. The molecular weight excluding hydrogens is 248 g/mol. The van der Waals surface area contributed by atoms with Crippen molar-refractivity contribution in [3.63, 3.8) is 0 Å². The van der Waals surface area contributed by atoms with Gasteiger partial charge in [-0.3, -0.25) is 4.98 Å². The standard InChI is InChI=1S/C14H11ClN2O/c15-13-9-12(10-16)1-2-14(13)18-8-5-11-3-6-17-7-4-11/h1-4,6-7,9H,5,8H2. The second kappa shape index (κ2) is 6.04. The molecule has 0 amide bonds. The van der Waals surface area contributed by atoms with E-state index in [1.54, 1.807) is 30.6 Å². The predicted octanol–water partition coefficient (Wildman–Crippen LogP) is 3.23. The fraction of sp³-hybridized carbons (Fsp3) is 0.143. The van der Waals surface area contributed by atoms with Gasteiger partial charge in [0.25, 0.3) is 0 Å². The summed E-state index contributed by atoms with van der Waals surface area (Å²) in [6, 6.07) is 10.9. The van der Waals surface area contributed by atoms with Crippen molar-refractivity contribution in [1.82, 2.24) is 4.98 Å². The summed E-state index contributed by atoms with van der Waals surface area (Å²) in [6.45, 7) is 0.537. The van der Waals surface area contributed by atoms with Crippen LogP contribution < -0.4 is 4.74 Å². The van der Waals surface area contributed by atoms with Gasteiger partial charge in [0.1, 0.15) is 5.75 Å². The van der Waals surface area contributed by atoms with E-state index in [0.29, 0.717) is 22.9 Å². The van der Waals surface area contributed by atoms with Crippen molar-refractivity contribution < 1.29 is 4.74 Å². The topological polar surface area (TPSA) is 45.9 Å². The highest BCUT2D eigenvalue weighted by molar-refractivity contribution is 6.32. The first-order valence-electron chi connectivity index (χ1n) is 5.51. The number of nitrogens with zero attached hydrogens (tertiary/aromatic N) is 2. The molecule has 0 aliphatic rings. The second-order valence-electron chi connectivity index (χ2n) is 3.71. The van der Waals surface area contributed by atoms with Crippen LogP contribution >= 0.6 is 11.6 Å². The van der Waals surface area contributed by atoms with Crippen molar-refractivity contribution in [1.29, 1.82) is 5.26 Å². The third-order valence-corrected chi connectivity index (χ3v) is 2.75. The van der Waals surface area contributed by atoms with E-state index in [2.05, 4.69) is 4.98 Å². The fourth-order valence-electron chi connectivity index (χ4n) is 1.52. The van der Waals surface area contributed by atoms with Gasteiger partial charge in [0, 0.05) is 18.8 Å². The average Bonchev–Trinajstić information content (AvgIpc) is 2.42. The summed E-state index contributed by atoms with van der Waals surface area (Å²) < 4.78 is 5.58. The molecule has 0 aliphatic carbocycles. The Kier molecular flexibility index (Phi) is 4.16. The first-order valence-corrected chi connectivity index (χ1v) is 5.89. The van der Waals surface area contributed by atoms with E-state index in [-0.39, 0.29) is 0 Å². The molecule has 4 heteroatoms. The molecule has 0 bridgehead atoms. The minimum atomic E-state index is 0.462. The van der Waals surface area contributed by atoms with Crippen LogP contribution in [0.1, 0.15) is 11.1 Å². The lowest BCUT2D eigenvalue weighted by Gasteiger charge is -2.08. The summed E-state index contributed by atoms with van der Waals surface area (Å²) in [7, 11) is 0. The predicted molar refractivity (Wildman–Crippen MR) is 69.6 cm³/mol. The Morgan fingerprint density at radius 1 is 1.22 bits per heavy atom. The summed E-state index contributed by atoms with van der Waals surface area (Å²) in [6.07, 6.45) is 4.30. The molecule has 0 radical (unpaired) electrons. The van der Waals surface area contributed by atoms with E-state index in [1.807, 2.05) is 18.2 Å². The summed E-state index contributed by atoms with van der Waals surface area (Å²) >= 11 is 6.00. The van der Waals surface area contributed by atoms with Gasteiger partial charge in [-0.15, -0.1) is 0 Å². The number of benzene rings is 1. The highest BCUT2D eigenvalue weighted by atomic mass is 35.5. The van der Waals surface area contributed by atoms with Crippen molar-refractivity contribution >= 4 is 11.6 Å². The molecule has 2 aromatic rings. The first kappa shape index (κ1) is 12.4. The first-order chi connectivity index (χ1) is 8.79. The highest BCUT2D eigenvalue weighted by Crippen LogP contribution is 2.25. The highest BCUT2D eigenvalue weighted by Gasteiger charge is 2.03. The zero-order valence-corrected chi connectivity index (χ0v) is 10.4. The summed E-state index contributed by atoms with van der Waals surface area (Å²) in [5.41, 5.74) is 1.69. The molecule has 0 unspecified atom stereocenters. The van der Waals surface area contributed by atoms with E-state index < -0.39 is 0 Å². The quantitative estimate of drug-likeness (QED) is 0.846. The molecule has 0 spiro atoms. The summed E-state index contributed by atoms with van der Waals surface area (Å²) in [5.74, 6) is 0.602. The van der Waals surface area contributed by atoms with E-state index in [1.165, 1.54) is 0 Å². The monoisotopic (exact) mass is 258 g/mol. The van der Waals surface area contributed by atoms with Gasteiger partial charge in [-0.05, 0) is 35.9 Å². The maximum Gasteiger partial charge on any atom is 0.137 e. The molecule has 1 aromatic heterocycles. The normalized spacial score (nSPS) is 9.78. The zero-order valence-electron chi connectivity index (χ0n) is 9.64. The number of rotatable bonds is 4. The number of ether oxygens (including phenoxy) is 1. The Bertz CT molecular complexity index is 564. The van der Waals surface area contributed by atoms with Gasteiger partial charge >= 0.3 is 0 Å². The van der Waals surface area contributed by atoms with Crippen LogP contribution in [0, 0.1) is 11.3 Å². The van der Waals surface area contributed by atoms with E-state index in [4.69, 9.17) is 21.6 Å². The van der Waals surface area contributed by atoms with Crippen LogP contribution in [-0.2, 0) is 6.42 Å². The van der Waals surface area contributed by atoms with E-state index in [9.17, 15) is 0 Å². The van der Waals surface area contributed by atoms with Crippen molar-refractivity contribution in [2.75, 3.05) is 6.61 Å². The number of nitriles is 1. The maximum absolute atomic E-state index is 8.72. The lowest BCUT2D eigenvalue weighted by Crippen LogP contribution is -2.01. The van der Waals surface area contributed by atoms with Crippen LogP contribution in [0.25, 0.3) is 0 Å². The Labute approximate surface area is 111 Å². The molecule has 2 rings (SSSR count). The SMILES string of the molecule is N#Cc1ccc(OCCc2ccncc2)c(Cl)c1. The molecule has 1 aromatic carbocycles. The molecule has 18 heavy (non-hydrogen) atoms. The molecular formula is C14H11ClN2O. The smallest absolute Gasteiger partial charge is 0.137 e. The van der Waals surface area contributed by atoms with Crippen LogP contribution in [0.2, 0.25) is 5.02 Å².